The van der Waals surface area contributed by atoms with Crippen LogP contribution in [-0.2, 0) is 11.3 Å². The molecular weight excluding hydrogens is 346 g/mol. The number of esters is 1. The molecule has 0 bridgehead atoms. The predicted molar refractivity (Wildman–Crippen MR) is 90.5 cm³/mol. The minimum atomic E-state index is -0.549. The van der Waals surface area contributed by atoms with Crippen LogP contribution < -0.4 is 5.32 Å². The molecule has 7 nitrogen and oxygen atoms in total. The maximum Gasteiger partial charge on any atom is 0.341 e. The number of fused-ring (bicyclic) bond motifs is 1. The lowest BCUT2D eigenvalue weighted by atomic mass is 10.1. The second kappa shape index (κ2) is 6.90. The zero-order valence-electron chi connectivity index (χ0n) is 13.5. The molecule has 0 saturated carbocycles. The van der Waals surface area contributed by atoms with Crippen LogP contribution in [0.5, 0.6) is 0 Å². The van der Waals surface area contributed by atoms with E-state index in [1.54, 1.807) is 25.3 Å². The summed E-state index contributed by atoms with van der Waals surface area (Å²) in [5.74, 6) is -0.452. The van der Waals surface area contributed by atoms with Crippen LogP contribution in [-0.4, -0.2) is 29.0 Å². The van der Waals surface area contributed by atoms with Crippen LogP contribution in [0, 0.1) is 6.92 Å². The number of amides is 1. The lowest BCUT2D eigenvalue weighted by molar-refractivity contribution is 0.0601. The van der Waals surface area contributed by atoms with Gasteiger partial charge in [0.05, 0.1) is 25.5 Å². The van der Waals surface area contributed by atoms with Crippen molar-refractivity contribution in [3.05, 3.63) is 58.3 Å². The maximum atomic E-state index is 12.1. The fraction of sp³-hybridized carbons (Fsp3) is 0.176. The summed E-state index contributed by atoms with van der Waals surface area (Å²) in [5.41, 5.74) is 1.45. The van der Waals surface area contributed by atoms with E-state index < -0.39 is 5.97 Å². The first kappa shape index (κ1) is 16.9. The molecule has 0 atom stereocenters. The molecule has 1 N–H and O–H groups in total. The number of nitrogens with zero attached hydrogens (tertiary/aromatic N) is 2. The van der Waals surface area contributed by atoms with Crippen molar-refractivity contribution < 1.29 is 18.7 Å². The molecule has 0 spiro atoms. The standard InChI is InChI=1S/C17H14ClN3O4/c1-9-6-19-8-14(21-9)16(22)20-7-12-4-10-3-11(18)5-13(15(10)25-12)17(23)24-2/h3-6,8H,7H2,1-2H3,(H,20,22). The SMILES string of the molecule is COC(=O)c1cc(Cl)cc2cc(CNC(=O)c3cncc(C)n3)oc12. The highest BCUT2D eigenvalue weighted by molar-refractivity contribution is 6.32. The van der Waals surface area contributed by atoms with Gasteiger partial charge in [0, 0.05) is 16.6 Å². The van der Waals surface area contributed by atoms with E-state index in [-0.39, 0.29) is 23.7 Å². The maximum absolute atomic E-state index is 12.1. The number of benzene rings is 1. The van der Waals surface area contributed by atoms with Gasteiger partial charge in [-0.1, -0.05) is 11.6 Å². The second-order valence-electron chi connectivity index (χ2n) is 5.30. The summed E-state index contributed by atoms with van der Waals surface area (Å²) in [6.45, 7) is 1.88. The number of ether oxygens (including phenoxy) is 1. The monoisotopic (exact) mass is 359 g/mol. The Morgan fingerprint density at radius 2 is 2.08 bits per heavy atom. The third kappa shape index (κ3) is 3.61. The highest BCUT2D eigenvalue weighted by Crippen LogP contribution is 2.28. The van der Waals surface area contributed by atoms with E-state index in [4.69, 9.17) is 20.8 Å². The van der Waals surface area contributed by atoms with Crippen LogP contribution in [0.3, 0.4) is 0 Å². The number of furan rings is 1. The number of hydrogen-bond donors (Lipinski definition) is 1. The number of rotatable bonds is 4. The summed E-state index contributed by atoms with van der Waals surface area (Å²) in [6, 6.07) is 4.85. The van der Waals surface area contributed by atoms with Crippen molar-refractivity contribution >= 4 is 34.4 Å². The van der Waals surface area contributed by atoms with Crippen molar-refractivity contribution in [2.24, 2.45) is 0 Å². The van der Waals surface area contributed by atoms with E-state index >= 15 is 0 Å². The average molecular weight is 360 g/mol. The Morgan fingerprint density at radius 3 is 2.80 bits per heavy atom. The van der Waals surface area contributed by atoms with Crippen molar-refractivity contribution in [3.63, 3.8) is 0 Å². The zero-order valence-corrected chi connectivity index (χ0v) is 14.3. The molecule has 1 amide bonds. The zero-order chi connectivity index (χ0) is 18.0. The second-order valence-corrected chi connectivity index (χ2v) is 5.74. The summed E-state index contributed by atoms with van der Waals surface area (Å²) < 4.78 is 10.4. The van der Waals surface area contributed by atoms with Gasteiger partial charge >= 0.3 is 5.97 Å². The van der Waals surface area contributed by atoms with Gasteiger partial charge < -0.3 is 14.5 Å². The molecule has 0 unspecified atom stereocenters. The quantitative estimate of drug-likeness (QED) is 0.720. The lowest BCUT2D eigenvalue weighted by Crippen LogP contribution is -2.23. The van der Waals surface area contributed by atoms with E-state index in [0.29, 0.717) is 27.4 Å². The Balaban J connectivity index is 1.83. The molecule has 8 heteroatoms. The van der Waals surface area contributed by atoms with Crippen LogP contribution in [0.4, 0.5) is 0 Å². The van der Waals surface area contributed by atoms with Gasteiger partial charge in [-0.05, 0) is 25.1 Å². The Kier molecular flexibility index (Phi) is 4.67. The van der Waals surface area contributed by atoms with E-state index in [1.165, 1.54) is 19.4 Å². The van der Waals surface area contributed by atoms with Crippen molar-refractivity contribution in [3.8, 4) is 0 Å². The Morgan fingerprint density at radius 1 is 1.28 bits per heavy atom. The molecule has 1 aromatic carbocycles. The number of methoxy groups -OCH3 is 1. The van der Waals surface area contributed by atoms with Crippen LogP contribution in [0.1, 0.15) is 32.3 Å². The minimum Gasteiger partial charge on any atom is -0.465 e. The van der Waals surface area contributed by atoms with Gasteiger partial charge in [-0.3, -0.25) is 9.78 Å². The summed E-state index contributed by atoms with van der Waals surface area (Å²) in [4.78, 5) is 32.0. The number of carbonyl (C=O) groups excluding carboxylic acids is 2. The summed E-state index contributed by atoms with van der Waals surface area (Å²) in [5, 5.41) is 3.73. The van der Waals surface area contributed by atoms with E-state index in [0.717, 1.165) is 0 Å². The van der Waals surface area contributed by atoms with Gasteiger partial charge in [0.15, 0.2) is 0 Å². The molecule has 0 radical (unpaired) electrons. The number of halogens is 1. The largest absolute Gasteiger partial charge is 0.465 e. The molecule has 2 heterocycles. The predicted octanol–water partition coefficient (Wildman–Crippen LogP) is 2.90. The Labute approximate surface area is 148 Å². The Bertz CT molecular complexity index is 968. The highest BCUT2D eigenvalue weighted by Gasteiger charge is 2.17. The topological polar surface area (TPSA) is 94.3 Å². The van der Waals surface area contributed by atoms with E-state index in [1.807, 2.05) is 0 Å². The van der Waals surface area contributed by atoms with E-state index in [9.17, 15) is 9.59 Å². The van der Waals surface area contributed by atoms with Crippen LogP contribution in [0.2, 0.25) is 5.02 Å². The molecule has 0 aliphatic carbocycles. The summed E-state index contributed by atoms with van der Waals surface area (Å²) in [7, 11) is 1.28. The highest BCUT2D eigenvalue weighted by atomic mass is 35.5. The molecule has 0 aliphatic heterocycles. The number of hydrogen-bond acceptors (Lipinski definition) is 6. The molecule has 3 aromatic rings. The van der Waals surface area contributed by atoms with Crippen molar-refractivity contribution in [1.29, 1.82) is 0 Å². The number of carbonyl (C=O) groups is 2. The minimum absolute atomic E-state index is 0.126. The fourth-order valence-corrected chi connectivity index (χ4v) is 2.58. The van der Waals surface area contributed by atoms with Gasteiger partial charge in [-0.25, -0.2) is 9.78 Å². The van der Waals surface area contributed by atoms with Crippen molar-refractivity contribution in [1.82, 2.24) is 15.3 Å². The van der Waals surface area contributed by atoms with Gasteiger partial charge in [0.2, 0.25) is 0 Å². The molecule has 3 rings (SSSR count). The third-order valence-electron chi connectivity index (χ3n) is 3.45. The normalized spacial score (nSPS) is 10.7. The lowest BCUT2D eigenvalue weighted by Gasteiger charge is -2.03. The third-order valence-corrected chi connectivity index (χ3v) is 3.67. The van der Waals surface area contributed by atoms with E-state index in [2.05, 4.69) is 15.3 Å². The molecule has 128 valence electrons. The molecule has 0 saturated heterocycles. The van der Waals surface area contributed by atoms with Gasteiger partial charge in [-0.2, -0.15) is 0 Å². The summed E-state index contributed by atoms with van der Waals surface area (Å²) in [6.07, 6.45) is 2.95. The first-order chi connectivity index (χ1) is 12.0. The van der Waals surface area contributed by atoms with Gasteiger partial charge in [0.25, 0.3) is 5.91 Å². The van der Waals surface area contributed by atoms with Crippen LogP contribution in [0.15, 0.2) is 35.0 Å². The summed E-state index contributed by atoms with van der Waals surface area (Å²) >= 11 is 6.02. The first-order valence-corrected chi connectivity index (χ1v) is 7.73. The van der Waals surface area contributed by atoms with Gasteiger partial charge in [0.1, 0.15) is 22.6 Å². The molecule has 0 aliphatic rings. The molecule has 25 heavy (non-hydrogen) atoms. The van der Waals surface area contributed by atoms with Gasteiger partial charge in [-0.15, -0.1) is 0 Å². The van der Waals surface area contributed by atoms with Crippen LogP contribution in [0.25, 0.3) is 11.0 Å². The number of nitrogens with one attached hydrogen (secondary N) is 1. The fourth-order valence-electron chi connectivity index (χ4n) is 2.35. The Hall–Kier alpha value is -2.93. The number of aromatic nitrogens is 2. The molecular formula is C17H14ClN3O4. The molecule has 2 aromatic heterocycles. The molecule has 0 fully saturated rings. The average Bonchev–Trinajstić information content (AvgIpc) is 3.00. The smallest absolute Gasteiger partial charge is 0.341 e. The van der Waals surface area contributed by atoms with Crippen LogP contribution >= 0.6 is 11.6 Å². The number of aryl methyl sites for hydroxylation is 1. The van der Waals surface area contributed by atoms with Crippen molar-refractivity contribution in [2.75, 3.05) is 7.11 Å². The van der Waals surface area contributed by atoms with Crippen molar-refractivity contribution in [2.45, 2.75) is 13.5 Å². The first-order valence-electron chi connectivity index (χ1n) is 7.35.